The van der Waals surface area contributed by atoms with Crippen molar-refractivity contribution in [3.63, 3.8) is 0 Å². The van der Waals surface area contributed by atoms with Crippen molar-refractivity contribution in [1.29, 1.82) is 0 Å². The first-order valence-electron chi connectivity index (χ1n) is 11.9. The van der Waals surface area contributed by atoms with E-state index in [2.05, 4.69) is 9.55 Å². The molecule has 5 aromatic rings. The quantitative estimate of drug-likeness (QED) is 0.228. The first kappa shape index (κ1) is 26.4. The van der Waals surface area contributed by atoms with Gasteiger partial charge in [0.25, 0.3) is 10.1 Å². The van der Waals surface area contributed by atoms with Gasteiger partial charge < -0.3 is 9.55 Å². The predicted octanol–water partition coefficient (Wildman–Crippen LogP) is 6.68. The minimum Gasteiger partial charge on any atom is -0.336 e. The van der Waals surface area contributed by atoms with Crippen molar-refractivity contribution in [3.8, 4) is 34.0 Å². The molecule has 196 valence electrons. The number of benzene rings is 2. The number of hydrogen-bond acceptors (Lipinski definition) is 5. The number of imidazole rings is 2. The van der Waals surface area contributed by atoms with Crippen LogP contribution in [0.4, 0.5) is 0 Å². The number of pyridine rings is 1. The summed E-state index contributed by atoms with van der Waals surface area (Å²) >= 11 is 13.0. The Bertz CT molecular complexity index is 1700. The zero-order valence-electron chi connectivity index (χ0n) is 20.7. The van der Waals surface area contributed by atoms with Crippen LogP contribution in [0.2, 0.25) is 10.0 Å². The van der Waals surface area contributed by atoms with Gasteiger partial charge in [-0.15, -0.1) is 0 Å². The monoisotopic (exact) mass is 569 g/mol. The topological polar surface area (TPSA) is 114 Å². The number of hydrogen-bond donors (Lipinski definition) is 2. The highest BCUT2D eigenvalue weighted by molar-refractivity contribution is 7.85. The lowest BCUT2D eigenvalue weighted by Crippen LogP contribution is -2.03. The minimum absolute atomic E-state index is 0.545. The van der Waals surface area contributed by atoms with Crippen molar-refractivity contribution < 1.29 is 13.0 Å². The molecule has 0 spiro atoms. The van der Waals surface area contributed by atoms with Crippen LogP contribution >= 0.6 is 23.2 Å². The highest BCUT2D eigenvalue weighted by Crippen LogP contribution is 2.38. The molecule has 0 unspecified atom stereocenters. The van der Waals surface area contributed by atoms with Crippen LogP contribution in [-0.2, 0) is 16.7 Å². The Kier molecular flexibility index (Phi) is 7.28. The van der Waals surface area contributed by atoms with Crippen LogP contribution in [-0.4, -0.2) is 43.7 Å². The van der Waals surface area contributed by atoms with Crippen molar-refractivity contribution in [2.24, 2.45) is 5.92 Å². The molecule has 1 saturated carbocycles. The third-order valence-electron chi connectivity index (χ3n) is 6.13. The maximum Gasteiger partial charge on any atom is 0.261 e. The highest BCUT2D eigenvalue weighted by atomic mass is 35.5. The van der Waals surface area contributed by atoms with Crippen molar-refractivity contribution in [2.75, 3.05) is 6.26 Å². The minimum atomic E-state index is -3.67. The van der Waals surface area contributed by atoms with E-state index < -0.39 is 10.1 Å². The maximum atomic E-state index is 9.19. The molecule has 0 bridgehead atoms. The number of aryl methyl sites for hydroxylation is 1. The molecular weight excluding hydrogens is 545 g/mol. The van der Waals surface area contributed by atoms with Crippen LogP contribution in [0.25, 0.3) is 45.2 Å². The van der Waals surface area contributed by atoms with Crippen LogP contribution in [0.1, 0.15) is 18.7 Å². The number of fused-ring (bicyclic) bond motifs is 1. The average molecular weight is 571 g/mol. The van der Waals surface area contributed by atoms with Gasteiger partial charge in [0, 0.05) is 12.1 Å². The first-order chi connectivity index (χ1) is 18.1. The lowest BCUT2D eigenvalue weighted by atomic mass is 10.1. The number of aromatic amines is 1. The molecule has 38 heavy (non-hydrogen) atoms. The van der Waals surface area contributed by atoms with Gasteiger partial charge in [0.15, 0.2) is 5.65 Å². The molecule has 0 radical (unpaired) electrons. The molecule has 3 aromatic heterocycles. The summed E-state index contributed by atoms with van der Waals surface area (Å²) in [6.45, 7) is 3.01. The van der Waals surface area contributed by atoms with Gasteiger partial charge in [-0.1, -0.05) is 59.6 Å². The van der Waals surface area contributed by atoms with Crippen molar-refractivity contribution >= 4 is 44.5 Å². The summed E-state index contributed by atoms with van der Waals surface area (Å²) in [5.74, 6) is 2.34. The summed E-state index contributed by atoms with van der Waals surface area (Å²) in [6, 6.07) is 19.6. The summed E-state index contributed by atoms with van der Waals surface area (Å²) in [5, 5.41) is 1.09. The van der Waals surface area contributed by atoms with Crippen LogP contribution in [0, 0.1) is 12.8 Å². The summed E-state index contributed by atoms with van der Waals surface area (Å²) in [7, 11) is -3.67. The molecule has 11 heteroatoms. The van der Waals surface area contributed by atoms with E-state index in [1.54, 1.807) is 0 Å². The molecule has 3 heterocycles. The lowest BCUT2D eigenvalue weighted by molar-refractivity contribution is 0.490. The molecule has 2 aromatic carbocycles. The normalized spacial score (nSPS) is 13.4. The fourth-order valence-corrected chi connectivity index (χ4v) is 4.81. The Labute approximate surface area is 230 Å². The molecule has 1 fully saturated rings. The summed E-state index contributed by atoms with van der Waals surface area (Å²) in [6.07, 6.45) is 3.27. The summed E-state index contributed by atoms with van der Waals surface area (Å²) < 4.78 is 28.1. The van der Waals surface area contributed by atoms with Gasteiger partial charge in [-0.25, -0.2) is 15.0 Å². The number of halogens is 2. The Balaban J connectivity index is 0.000000540. The number of aromatic nitrogens is 5. The molecule has 8 nitrogen and oxygen atoms in total. The highest BCUT2D eigenvalue weighted by Gasteiger charge is 2.25. The standard InChI is InChI=1S/C26H21Cl2N5.CH4O3S/c1-15-29-21-13-12-20(30-26(21)33(15)14-16-10-11-16)24-23(17-6-3-2-4-7-17)31-25(32-24)22-18(27)8-5-9-19(22)28;1-5(2,3)4/h2-9,12-13,16H,10-11,14H2,1H3,(H,31,32);1H3,(H,2,3,4). The van der Waals surface area contributed by atoms with E-state index in [1.807, 2.05) is 67.6 Å². The smallest absolute Gasteiger partial charge is 0.261 e. The Morgan fingerprint density at radius 3 is 2.26 bits per heavy atom. The number of nitrogens with one attached hydrogen (secondary N) is 1. The van der Waals surface area contributed by atoms with E-state index in [0.29, 0.717) is 27.7 Å². The molecule has 0 amide bonds. The second-order valence-electron chi connectivity index (χ2n) is 9.26. The predicted molar refractivity (Wildman–Crippen MR) is 151 cm³/mol. The molecule has 0 aliphatic heterocycles. The van der Waals surface area contributed by atoms with Crippen LogP contribution in [0.15, 0.2) is 60.7 Å². The molecule has 6 rings (SSSR count). The third kappa shape index (κ3) is 5.91. The average Bonchev–Trinajstić information content (AvgIpc) is 3.49. The van der Waals surface area contributed by atoms with Crippen molar-refractivity contribution in [2.45, 2.75) is 26.3 Å². The number of nitrogens with zero attached hydrogens (tertiary/aromatic N) is 4. The SMILES string of the molecule is CS(=O)(=O)O.Cc1nc2ccc(-c3[nH]c(-c4c(Cl)cccc4Cl)nc3-c3ccccc3)nc2n1CC1CC1. The van der Waals surface area contributed by atoms with E-state index >= 15 is 0 Å². The summed E-state index contributed by atoms with van der Waals surface area (Å²) in [4.78, 5) is 18.2. The fourth-order valence-electron chi connectivity index (χ4n) is 4.24. The second-order valence-corrected chi connectivity index (χ2v) is 11.5. The lowest BCUT2D eigenvalue weighted by Gasteiger charge is -2.06. The zero-order chi connectivity index (χ0) is 27.0. The Morgan fingerprint density at radius 1 is 0.974 bits per heavy atom. The van der Waals surface area contributed by atoms with Gasteiger partial charge in [-0.3, -0.25) is 4.55 Å². The van der Waals surface area contributed by atoms with E-state index in [9.17, 15) is 8.42 Å². The number of H-pyrrole nitrogens is 1. The first-order valence-corrected chi connectivity index (χ1v) is 14.6. The van der Waals surface area contributed by atoms with Crippen molar-refractivity contribution in [3.05, 3.63) is 76.5 Å². The summed E-state index contributed by atoms with van der Waals surface area (Å²) in [5.41, 5.74) is 5.92. The molecule has 0 atom stereocenters. The van der Waals surface area contributed by atoms with Gasteiger partial charge in [0.2, 0.25) is 0 Å². The Morgan fingerprint density at radius 2 is 1.63 bits per heavy atom. The fraction of sp³-hybridized carbons (Fsp3) is 0.222. The van der Waals surface area contributed by atoms with Crippen LogP contribution in [0.3, 0.4) is 0 Å². The van der Waals surface area contributed by atoms with E-state index in [0.717, 1.165) is 52.1 Å². The van der Waals surface area contributed by atoms with Gasteiger partial charge in [0.1, 0.15) is 17.2 Å². The third-order valence-corrected chi connectivity index (χ3v) is 6.76. The van der Waals surface area contributed by atoms with E-state index in [4.69, 9.17) is 42.7 Å². The van der Waals surface area contributed by atoms with Gasteiger partial charge in [-0.2, -0.15) is 8.42 Å². The van der Waals surface area contributed by atoms with Crippen LogP contribution in [0.5, 0.6) is 0 Å². The number of rotatable bonds is 5. The Hall–Kier alpha value is -3.24. The maximum absolute atomic E-state index is 9.19. The molecule has 2 N–H and O–H groups in total. The molecule has 0 saturated heterocycles. The largest absolute Gasteiger partial charge is 0.336 e. The molecule has 1 aliphatic carbocycles. The van der Waals surface area contributed by atoms with Crippen molar-refractivity contribution in [1.82, 2.24) is 24.5 Å². The molecule has 1 aliphatic rings. The molecular formula is C27H25Cl2N5O3S. The van der Waals surface area contributed by atoms with Gasteiger partial charge in [-0.05, 0) is 49.9 Å². The zero-order valence-corrected chi connectivity index (χ0v) is 23.0. The van der Waals surface area contributed by atoms with E-state index in [1.165, 1.54) is 12.8 Å². The van der Waals surface area contributed by atoms with E-state index in [-0.39, 0.29) is 0 Å². The van der Waals surface area contributed by atoms with Crippen LogP contribution < -0.4 is 0 Å². The van der Waals surface area contributed by atoms with Gasteiger partial charge in [0.05, 0.1) is 38.9 Å². The van der Waals surface area contributed by atoms with Gasteiger partial charge >= 0.3 is 0 Å². The second kappa shape index (κ2) is 10.5.